The molecule has 1 amide bonds. The minimum absolute atomic E-state index is 0.0272. The lowest BCUT2D eigenvalue weighted by Crippen LogP contribution is -2.46. The van der Waals surface area contributed by atoms with Crippen LogP contribution in [0.15, 0.2) is 88.1 Å². The minimum Gasteiger partial charge on any atom is -0.489 e. The molecular formula is C33H34N2O4. The number of piperidine rings is 1. The van der Waals surface area contributed by atoms with Gasteiger partial charge in [0.25, 0.3) is 0 Å². The first kappa shape index (κ1) is 25.4. The molecule has 1 aromatic heterocycles. The Hall–Kier alpha value is -3.90. The van der Waals surface area contributed by atoms with E-state index in [2.05, 4.69) is 35.2 Å². The van der Waals surface area contributed by atoms with Crippen molar-refractivity contribution in [3.63, 3.8) is 0 Å². The molecule has 0 radical (unpaired) electrons. The van der Waals surface area contributed by atoms with E-state index in [1.807, 2.05) is 42.5 Å². The van der Waals surface area contributed by atoms with Gasteiger partial charge in [0, 0.05) is 11.9 Å². The lowest BCUT2D eigenvalue weighted by Gasteiger charge is -2.34. The summed E-state index contributed by atoms with van der Waals surface area (Å²) in [6.07, 6.45) is 4.79. The van der Waals surface area contributed by atoms with E-state index in [0.29, 0.717) is 42.6 Å². The number of hydrogen-bond acceptors (Lipinski definition) is 5. The van der Waals surface area contributed by atoms with Gasteiger partial charge < -0.3 is 14.1 Å². The van der Waals surface area contributed by atoms with Crippen molar-refractivity contribution < 1.29 is 13.9 Å². The summed E-state index contributed by atoms with van der Waals surface area (Å²) in [7, 11) is 0. The van der Waals surface area contributed by atoms with Crippen LogP contribution in [0.4, 0.5) is 5.69 Å². The van der Waals surface area contributed by atoms with Gasteiger partial charge in [0.05, 0.1) is 6.54 Å². The van der Waals surface area contributed by atoms with Crippen molar-refractivity contribution in [2.45, 2.75) is 38.7 Å². The molecule has 0 N–H and O–H groups in total. The molecule has 4 aromatic rings. The summed E-state index contributed by atoms with van der Waals surface area (Å²) in [6, 6.07) is 26.2. The zero-order chi connectivity index (χ0) is 26.6. The molecule has 0 bridgehead atoms. The average molecular weight is 523 g/mol. The Balaban J connectivity index is 1.15. The molecule has 0 aliphatic carbocycles. The van der Waals surface area contributed by atoms with Crippen LogP contribution in [0.3, 0.4) is 0 Å². The van der Waals surface area contributed by atoms with E-state index < -0.39 is 5.63 Å². The number of hydrogen-bond donors (Lipinski definition) is 0. The van der Waals surface area contributed by atoms with Crippen LogP contribution in [0.2, 0.25) is 0 Å². The number of amides is 1. The quantitative estimate of drug-likeness (QED) is 0.296. The first-order valence-corrected chi connectivity index (χ1v) is 14.0. The van der Waals surface area contributed by atoms with Gasteiger partial charge in [-0.1, -0.05) is 60.7 Å². The molecule has 0 spiro atoms. The zero-order valence-corrected chi connectivity index (χ0v) is 22.2. The van der Waals surface area contributed by atoms with Crippen molar-refractivity contribution in [3.05, 3.63) is 106 Å². The maximum Gasteiger partial charge on any atom is 0.360 e. The first-order chi connectivity index (χ1) is 19.1. The summed E-state index contributed by atoms with van der Waals surface area (Å²) in [4.78, 5) is 30.5. The van der Waals surface area contributed by atoms with Crippen LogP contribution in [0, 0.1) is 5.92 Å². The number of ether oxygens (including phenoxy) is 1. The highest BCUT2D eigenvalue weighted by atomic mass is 16.5. The van der Waals surface area contributed by atoms with E-state index in [1.54, 1.807) is 11.0 Å². The summed E-state index contributed by atoms with van der Waals surface area (Å²) >= 11 is 0. The van der Waals surface area contributed by atoms with Gasteiger partial charge in [-0.3, -0.25) is 9.69 Å². The normalized spacial score (nSPS) is 16.3. The Morgan fingerprint density at radius 3 is 2.36 bits per heavy atom. The number of fused-ring (bicyclic) bond motifs is 3. The van der Waals surface area contributed by atoms with Crippen LogP contribution in [-0.4, -0.2) is 37.0 Å². The van der Waals surface area contributed by atoms with Gasteiger partial charge in [-0.25, -0.2) is 4.79 Å². The molecule has 6 heteroatoms. The number of carbonyl (C=O) groups excluding carboxylic acids is 1. The van der Waals surface area contributed by atoms with Crippen molar-refractivity contribution in [3.8, 4) is 5.75 Å². The lowest BCUT2D eigenvalue weighted by atomic mass is 9.90. The number of carbonyl (C=O) groups is 1. The third-order valence-electron chi connectivity index (χ3n) is 8.02. The molecular weight excluding hydrogens is 488 g/mol. The Kier molecular flexibility index (Phi) is 7.46. The van der Waals surface area contributed by atoms with Crippen molar-refractivity contribution in [2.24, 2.45) is 5.92 Å². The molecule has 1 saturated heterocycles. The molecule has 0 unspecified atom stereocenters. The number of nitrogens with zero attached hydrogens (tertiary/aromatic N) is 2. The van der Waals surface area contributed by atoms with Crippen LogP contribution in [-0.2, 0) is 24.2 Å². The van der Waals surface area contributed by atoms with Crippen molar-refractivity contribution in [1.82, 2.24) is 4.90 Å². The Morgan fingerprint density at radius 2 is 1.62 bits per heavy atom. The Labute approximate surface area is 228 Å². The molecule has 6 rings (SSSR count). The highest BCUT2D eigenvalue weighted by Crippen LogP contribution is 2.33. The fraction of sp³-hybridized carbons (Fsp3) is 0.333. The SMILES string of the molecule is O=C(CN1CCC(Cc2ccccc2)CC1)N1CCCc2c1c(=O)oc1ccc(OCc3ccccc3)cc21. The highest BCUT2D eigenvalue weighted by molar-refractivity contribution is 5.98. The summed E-state index contributed by atoms with van der Waals surface area (Å²) < 4.78 is 11.7. The van der Waals surface area contributed by atoms with Gasteiger partial charge >= 0.3 is 5.63 Å². The van der Waals surface area contributed by atoms with Crippen LogP contribution in [0.25, 0.3) is 11.0 Å². The maximum absolute atomic E-state index is 13.5. The molecule has 39 heavy (non-hydrogen) atoms. The fourth-order valence-corrected chi connectivity index (χ4v) is 5.94. The van der Waals surface area contributed by atoms with E-state index >= 15 is 0 Å². The van der Waals surface area contributed by atoms with Crippen molar-refractivity contribution in [1.29, 1.82) is 0 Å². The molecule has 0 atom stereocenters. The lowest BCUT2D eigenvalue weighted by molar-refractivity contribution is -0.120. The van der Waals surface area contributed by atoms with Crippen molar-refractivity contribution in [2.75, 3.05) is 31.1 Å². The summed E-state index contributed by atoms with van der Waals surface area (Å²) in [5.74, 6) is 1.33. The molecule has 200 valence electrons. The average Bonchev–Trinajstić information content (AvgIpc) is 2.98. The monoisotopic (exact) mass is 522 g/mol. The van der Waals surface area contributed by atoms with Gasteiger partial charge in [-0.05, 0) is 86.0 Å². The predicted octanol–water partition coefficient (Wildman–Crippen LogP) is 5.61. The molecule has 1 fully saturated rings. The van der Waals surface area contributed by atoms with Crippen LogP contribution >= 0.6 is 0 Å². The van der Waals surface area contributed by atoms with Gasteiger partial charge in [0.2, 0.25) is 5.91 Å². The topological polar surface area (TPSA) is 63.0 Å². The maximum atomic E-state index is 13.5. The molecule has 2 aliphatic heterocycles. The van der Waals surface area contributed by atoms with Gasteiger partial charge in [-0.15, -0.1) is 0 Å². The van der Waals surface area contributed by atoms with E-state index in [-0.39, 0.29) is 5.91 Å². The minimum atomic E-state index is -0.440. The van der Waals surface area contributed by atoms with Gasteiger partial charge in [0.15, 0.2) is 0 Å². The number of rotatable bonds is 7. The van der Waals surface area contributed by atoms with Gasteiger partial charge in [0.1, 0.15) is 23.6 Å². The molecule has 2 aliphatic rings. The third kappa shape index (κ3) is 5.76. The summed E-state index contributed by atoms with van der Waals surface area (Å²) in [5, 5.41) is 0.842. The largest absolute Gasteiger partial charge is 0.489 e. The van der Waals surface area contributed by atoms with E-state index in [1.165, 1.54) is 5.56 Å². The second kappa shape index (κ2) is 11.5. The van der Waals surface area contributed by atoms with Crippen LogP contribution in [0.1, 0.15) is 36.0 Å². The number of benzene rings is 3. The standard InChI is InChI=1S/C33H34N2O4/c36-31(22-34-18-15-25(16-19-34)20-24-8-3-1-4-9-24)35-17-7-12-28-29-21-27(38-23-26-10-5-2-6-11-26)13-14-30(29)39-33(37)32(28)35/h1-6,8-11,13-14,21,25H,7,12,15-20,22-23H2. The predicted molar refractivity (Wildman–Crippen MR) is 153 cm³/mol. The van der Waals surface area contributed by atoms with Crippen LogP contribution < -0.4 is 15.3 Å². The third-order valence-corrected chi connectivity index (χ3v) is 8.02. The van der Waals surface area contributed by atoms with Crippen molar-refractivity contribution >= 4 is 22.6 Å². The first-order valence-electron chi connectivity index (χ1n) is 14.0. The smallest absolute Gasteiger partial charge is 0.360 e. The zero-order valence-electron chi connectivity index (χ0n) is 22.2. The molecule has 6 nitrogen and oxygen atoms in total. The van der Waals surface area contributed by atoms with Gasteiger partial charge in [-0.2, -0.15) is 0 Å². The Bertz CT molecular complexity index is 1490. The van der Waals surface area contributed by atoms with E-state index in [4.69, 9.17) is 9.15 Å². The summed E-state index contributed by atoms with van der Waals surface area (Å²) in [5.41, 5.74) is 3.83. The highest BCUT2D eigenvalue weighted by Gasteiger charge is 2.30. The Morgan fingerprint density at radius 1 is 0.897 bits per heavy atom. The fourth-order valence-electron chi connectivity index (χ4n) is 5.94. The summed E-state index contributed by atoms with van der Waals surface area (Å²) in [6.45, 7) is 3.13. The molecule has 0 saturated carbocycles. The molecule has 3 heterocycles. The van der Waals surface area contributed by atoms with E-state index in [0.717, 1.165) is 61.7 Å². The number of likely N-dealkylation sites (tertiary alicyclic amines) is 1. The van der Waals surface area contributed by atoms with Crippen LogP contribution in [0.5, 0.6) is 5.75 Å². The second-order valence-electron chi connectivity index (χ2n) is 10.7. The second-order valence-corrected chi connectivity index (χ2v) is 10.7. The number of anilines is 1. The van der Waals surface area contributed by atoms with E-state index in [9.17, 15) is 9.59 Å². The molecule has 3 aromatic carbocycles. The number of aryl methyl sites for hydroxylation is 1.